The third-order valence-corrected chi connectivity index (χ3v) is 3.77. The van der Waals surface area contributed by atoms with Crippen LogP contribution in [0.1, 0.15) is 11.1 Å². The first-order valence-corrected chi connectivity index (χ1v) is 8.11. The number of rotatable bonds is 6. The van der Waals surface area contributed by atoms with Gasteiger partial charge in [0, 0.05) is 12.5 Å². The summed E-state index contributed by atoms with van der Waals surface area (Å²) in [5, 5.41) is 2.37. The van der Waals surface area contributed by atoms with E-state index in [9.17, 15) is 13.6 Å². The number of hydrogen-bond acceptors (Lipinski definition) is 2. The maximum Gasteiger partial charge on any atom is 0.262 e. The molecular weight excluding hydrogens is 336 g/mol. The van der Waals surface area contributed by atoms with Crippen LogP contribution in [-0.2, 0) is 11.2 Å². The molecule has 0 aliphatic heterocycles. The molecule has 0 aliphatic rings. The third-order valence-electron chi connectivity index (χ3n) is 3.77. The van der Waals surface area contributed by atoms with Crippen LogP contribution >= 0.6 is 0 Å². The van der Waals surface area contributed by atoms with Crippen molar-refractivity contribution in [2.24, 2.45) is 0 Å². The summed E-state index contributed by atoms with van der Waals surface area (Å²) in [4.78, 5) is 12.0. The van der Waals surface area contributed by atoms with Gasteiger partial charge in [0.25, 0.3) is 5.91 Å². The predicted molar refractivity (Wildman–Crippen MR) is 96.2 cm³/mol. The van der Waals surface area contributed by atoms with E-state index in [1.807, 2.05) is 48.5 Å². The molecule has 0 radical (unpaired) electrons. The monoisotopic (exact) mass is 353 g/mol. The van der Waals surface area contributed by atoms with Gasteiger partial charge in [0.15, 0.2) is 6.61 Å². The largest absolute Gasteiger partial charge is 0.483 e. The molecule has 26 heavy (non-hydrogen) atoms. The van der Waals surface area contributed by atoms with Gasteiger partial charge < -0.3 is 10.1 Å². The highest BCUT2D eigenvalue weighted by Gasteiger charge is 2.10. The van der Waals surface area contributed by atoms with Crippen molar-refractivity contribution in [1.29, 1.82) is 0 Å². The van der Waals surface area contributed by atoms with Gasteiger partial charge in [-0.25, -0.2) is 8.78 Å². The zero-order valence-electron chi connectivity index (χ0n) is 13.9. The lowest BCUT2D eigenvalue weighted by molar-refractivity contribution is -0.118. The summed E-state index contributed by atoms with van der Waals surface area (Å²) in [6, 6.07) is 20.3. The van der Waals surface area contributed by atoms with Crippen molar-refractivity contribution in [3.05, 3.63) is 95.6 Å². The van der Waals surface area contributed by atoms with Crippen molar-refractivity contribution < 1.29 is 18.3 Å². The first-order valence-electron chi connectivity index (χ1n) is 8.11. The fourth-order valence-electron chi connectivity index (χ4n) is 2.53. The van der Waals surface area contributed by atoms with Gasteiger partial charge in [0.2, 0.25) is 0 Å². The lowest BCUT2D eigenvalue weighted by Gasteiger charge is -2.12. The quantitative estimate of drug-likeness (QED) is 0.705. The molecule has 3 rings (SSSR count). The molecule has 1 N–H and O–H groups in total. The zero-order chi connectivity index (χ0) is 18.4. The number of carbonyl (C=O) groups is 1. The van der Waals surface area contributed by atoms with E-state index >= 15 is 0 Å². The fraction of sp³-hybridized carbons (Fsp3) is 0.0952. The molecule has 3 aromatic carbocycles. The highest BCUT2D eigenvalue weighted by Crippen LogP contribution is 2.21. The van der Waals surface area contributed by atoms with E-state index in [-0.39, 0.29) is 12.3 Å². The molecule has 1 amide bonds. The van der Waals surface area contributed by atoms with Crippen LogP contribution in [0.3, 0.4) is 0 Å². The average molecular weight is 353 g/mol. The number of ether oxygens (including phenoxy) is 1. The van der Waals surface area contributed by atoms with Gasteiger partial charge in [-0.2, -0.15) is 0 Å². The van der Waals surface area contributed by atoms with Crippen LogP contribution in [0.25, 0.3) is 0 Å². The number of hydrogen-bond donors (Lipinski definition) is 1. The molecule has 0 heterocycles. The number of amides is 1. The molecular formula is C21H17F2NO2. The van der Waals surface area contributed by atoms with E-state index in [1.54, 1.807) is 6.07 Å². The van der Waals surface area contributed by atoms with E-state index < -0.39 is 17.5 Å². The summed E-state index contributed by atoms with van der Waals surface area (Å²) in [6.07, 6.45) is 0.672. The summed E-state index contributed by atoms with van der Waals surface area (Å²) in [6.45, 7) is -0.275. The highest BCUT2D eigenvalue weighted by atomic mass is 19.1. The first-order chi connectivity index (χ1) is 12.6. The summed E-state index contributed by atoms with van der Waals surface area (Å²) in [7, 11) is 0. The molecule has 0 saturated heterocycles. The van der Waals surface area contributed by atoms with E-state index in [4.69, 9.17) is 4.74 Å². The minimum absolute atomic E-state index is 0.0856. The summed E-state index contributed by atoms with van der Waals surface area (Å²) < 4.78 is 32.1. The third kappa shape index (κ3) is 4.66. The fourth-order valence-corrected chi connectivity index (χ4v) is 2.53. The van der Waals surface area contributed by atoms with Crippen molar-refractivity contribution in [3.63, 3.8) is 0 Å². The van der Waals surface area contributed by atoms with Crippen molar-refractivity contribution >= 4 is 11.6 Å². The van der Waals surface area contributed by atoms with Crippen molar-refractivity contribution in [2.45, 2.75) is 6.42 Å². The second kappa shape index (κ2) is 8.25. The van der Waals surface area contributed by atoms with Crippen LogP contribution in [0.5, 0.6) is 5.75 Å². The van der Waals surface area contributed by atoms with Crippen molar-refractivity contribution in [1.82, 2.24) is 0 Å². The average Bonchev–Trinajstić information content (AvgIpc) is 2.64. The summed E-state index contributed by atoms with van der Waals surface area (Å²) in [5.74, 6) is -1.47. The number of anilines is 1. The summed E-state index contributed by atoms with van der Waals surface area (Å²) >= 11 is 0. The molecule has 0 fully saturated rings. The molecule has 0 unspecified atom stereocenters. The minimum Gasteiger partial charge on any atom is -0.483 e. The lowest BCUT2D eigenvalue weighted by Crippen LogP contribution is -2.21. The maximum absolute atomic E-state index is 13.6. The number of benzene rings is 3. The zero-order valence-corrected chi connectivity index (χ0v) is 13.9. The molecule has 3 nitrogen and oxygen atoms in total. The Bertz CT molecular complexity index is 898. The lowest BCUT2D eigenvalue weighted by atomic mass is 10.0. The Morgan fingerprint density at radius 1 is 0.923 bits per heavy atom. The van der Waals surface area contributed by atoms with Crippen LogP contribution < -0.4 is 10.1 Å². The Morgan fingerprint density at radius 3 is 2.42 bits per heavy atom. The number of para-hydroxylation sites is 1. The number of carbonyl (C=O) groups excluding carboxylic acids is 1. The van der Waals surface area contributed by atoms with E-state index in [0.717, 1.165) is 17.2 Å². The Hall–Kier alpha value is -3.21. The highest BCUT2D eigenvalue weighted by molar-refractivity contribution is 5.92. The van der Waals surface area contributed by atoms with Crippen molar-refractivity contribution in [3.8, 4) is 5.75 Å². The smallest absolute Gasteiger partial charge is 0.262 e. The Morgan fingerprint density at radius 2 is 1.65 bits per heavy atom. The van der Waals surface area contributed by atoms with Crippen LogP contribution in [0.15, 0.2) is 72.8 Å². The van der Waals surface area contributed by atoms with Crippen LogP contribution in [0, 0.1) is 11.6 Å². The van der Waals surface area contributed by atoms with E-state index in [2.05, 4.69) is 5.32 Å². The number of nitrogens with one attached hydrogen (secondary N) is 1. The Kier molecular flexibility index (Phi) is 5.59. The van der Waals surface area contributed by atoms with Gasteiger partial charge in [-0.1, -0.05) is 48.5 Å². The maximum atomic E-state index is 13.6. The molecule has 0 spiro atoms. The van der Waals surface area contributed by atoms with Gasteiger partial charge >= 0.3 is 0 Å². The second-order valence-corrected chi connectivity index (χ2v) is 5.73. The van der Waals surface area contributed by atoms with Gasteiger partial charge in [-0.15, -0.1) is 0 Å². The van der Waals surface area contributed by atoms with Crippen LogP contribution in [-0.4, -0.2) is 12.5 Å². The van der Waals surface area contributed by atoms with Gasteiger partial charge in [-0.05, 0) is 29.3 Å². The van der Waals surface area contributed by atoms with E-state index in [0.29, 0.717) is 18.2 Å². The Balaban J connectivity index is 1.63. The molecule has 132 valence electrons. The normalized spacial score (nSPS) is 10.4. The molecule has 3 aromatic rings. The SMILES string of the molecule is O=C(COc1ccccc1Cc1ccccc1)Nc1ccc(F)cc1F. The summed E-state index contributed by atoms with van der Waals surface area (Å²) in [5.41, 5.74) is 1.98. The molecule has 0 bridgehead atoms. The molecule has 0 aliphatic carbocycles. The van der Waals surface area contributed by atoms with Crippen LogP contribution in [0.4, 0.5) is 14.5 Å². The van der Waals surface area contributed by atoms with Gasteiger partial charge in [0.1, 0.15) is 17.4 Å². The van der Waals surface area contributed by atoms with Gasteiger partial charge in [0.05, 0.1) is 5.69 Å². The van der Waals surface area contributed by atoms with E-state index in [1.165, 1.54) is 6.07 Å². The molecule has 0 saturated carbocycles. The Labute approximate surface area is 150 Å². The number of halogens is 2. The topological polar surface area (TPSA) is 38.3 Å². The molecule has 0 aromatic heterocycles. The second-order valence-electron chi connectivity index (χ2n) is 5.73. The molecule has 5 heteroatoms. The first kappa shape index (κ1) is 17.6. The molecule has 0 atom stereocenters. The minimum atomic E-state index is -0.831. The van der Waals surface area contributed by atoms with Crippen molar-refractivity contribution in [2.75, 3.05) is 11.9 Å². The standard InChI is InChI=1S/C21H17F2NO2/c22-17-10-11-19(18(23)13-17)24-21(25)14-26-20-9-5-4-8-16(20)12-15-6-2-1-3-7-15/h1-11,13H,12,14H2,(H,24,25). The van der Waals surface area contributed by atoms with Gasteiger partial charge in [-0.3, -0.25) is 4.79 Å². The predicted octanol–water partition coefficient (Wildman–Crippen LogP) is 4.57. The van der Waals surface area contributed by atoms with Crippen LogP contribution in [0.2, 0.25) is 0 Å².